The molecule has 0 N–H and O–H groups in total. The van der Waals surface area contributed by atoms with Gasteiger partial charge in [0.15, 0.2) is 0 Å². The van der Waals surface area contributed by atoms with Crippen molar-refractivity contribution < 1.29 is 4.79 Å². The van der Waals surface area contributed by atoms with Gasteiger partial charge in [-0.05, 0) is 12.8 Å². The van der Waals surface area contributed by atoms with Crippen molar-refractivity contribution in [1.29, 1.82) is 0 Å². The van der Waals surface area contributed by atoms with Crippen LogP contribution >= 0.6 is 0 Å². The SMILES string of the molecule is Cc1nnn(C(=O)n2ccnn2)c1C(C)C. The summed E-state index contributed by atoms with van der Waals surface area (Å²) >= 11 is 0. The number of rotatable bonds is 1. The molecule has 0 bridgehead atoms. The molecule has 2 rings (SSSR count). The third-order valence-electron chi connectivity index (χ3n) is 2.23. The van der Waals surface area contributed by atoms with E-state index in [2.05, 4.69) is 20.6 Å². The summed E-state index contributed by atoms with van der Waals surface area (Å²) < 4.78 is 2.38. The summed E-state index contributed by atoms with van der Waals surface area (Å²) in [4.78, 5) is 12.0. The molecule has 0 aliphatic heterocycles. The van der Waals surface area contributed by atoms with Gasteiger partial charge in [0.1, 0.15) is 0 Å². The van der Waals surface area contributed by atoms with Crippen molar-refractivity contribution in [3.8, 4) is 0 Å². The van der Waals surface area contributed by atoms with Crippen molar-refractivity contribution in [3.05, 3.63) is 23.8 Å². The van der Waals surface area contributed by atoms with E-state index in [0.29, 0.717) is 0 Å². The third-order valence-corrected chi connectivity index (χ3v) is 2.23. The Morgan fingerprint density at radius 3 is 2.69 bits per heavy atom. The first kappa shape index (κ1) is 10.5. The number of aryl methyl sites for hydroxylation is 1. The maximum atomic E-state index is 12.0. The molecule has 16 heavy (non-hydrogen) atoms. The molecule has 0 atom stereocenters. The Kier molecular flexibility index (Phi) is 2.51. The number of aromatic nitrogens is 6. The minimum absolute atomic E-state index is 0.169. The van der Waals surface area contributed by atoms with Gasteiger partial charge in [-0.1, -0.05) is 24.3 Å². The highest BCUT2D eigenvalue weighted by Gasteiger charge is 2.19. The lowest BCUT2D eigenvalue weighted by molar-refractivity contribution is 0.236. The van der Waals surface area contributed by atoms with Crippen LogP contribution in [0.15, 0.2) is 12.4 Å². The maximum Gasteiger partial charge on any atom is 0.372 e. The molecule has 7 heteroatoms. The second-order valence-corrected chi connectivity index (χ2v) is 3.76. The van der Waals surface area contributed by atoms with Gasteiger partial charge in [0, 0.05) is 0 Å². The Labute approximate surface area is 92.1 Å². The topological polar surface area (TPSA) is 78.5 Å². The Morgan fingerprint density at radius 2 is 2.12 bits per heavy atom. The monoisotopic (exact) mass is 220 g/mol. The molecule has 0 unspecified atom stereocenters. The van der Waals surface area contributed by atoms with Gasteiger partial charge in [-0.15, -0.1) is 10.2 Å². The lowest BCUT2D eigenvalue weighted by atomic mass is 10.1. The fourth-order valence-corrected chi connectivity index (χ4v) is 1.58. The van der Waals surface area contributed by atoms with Gasteiger partial charge in [-0.3, -0.25) is 0 Å². The van der Waals surface area contributed by atoms with Gasteiger partial charge in [-0.25, -0.2) is 4.79 Å². The van der Waals surface area contributed by atoms with E-state index < -0.39 is 0 Å². The third kappa shape index (κ3) is 1.60. The Morgan fingerprint density at radius 1 is 1.38 bits per heavy atom. The molecule has 84 valence electrons. The number of carbonyl (C=O) groups excluding carboxylic acids is 1. The quantitative estimate of drug-likeness (QED) is 0.710. The summed E-state index contributed by atoms with van der Waals surface area (Å²) in [5, 5.41) is 14.9. The molecule has 0 amide bonds. The highest BCUT2D eigenvalue weighted by molar-refractivity contribution is 5.78. The molecule has 7 nitrogen and oxygen atoms in total. The lowest BCUT2D eigenvalue weighted by Gasteiger charge is -2.07. The van der Waals surface area contributed by atoms with E-state index in [1.807, 2.05) is 20.8 Å². The largest absolute Gasteiger partial charge is 0.372 e. The van der Waals surface area contributed by atoms with E-state index in [-0.39, 0.29) is 11.9 Å². The van der Waals surface area contributed by atoms with Crippen LogP contribution in [-0.2, 0) is 0 Å². The molecular formula is C9H12N6O. The van der Waals surface area contributed by atoms with Crippen LogP contribution in [0.2, 0.25) is 0 Å². The van der Waals surface area contributed by atoms with Crippen molar-refractivity contribution in [1.82, 2.24) is 30.0 Å². The van der Waals surface area contributed by atoms with E-state index in [4.69, 9.17) is 0 Å². The molecule has 0 spiro atoms. The Balaban J connectivity index is 2.45. The van der Waals surface area contributed by atoms with Crippen LogP contribution in [0.5, 0.6) is 0 Å². The predicted molar refractivity (Wildman–Crippen MR) is 55.1 cm³/mol. The maximum absolute atomic E-state index is 12.0. The number of nitrogens with zero attached hydrogens (tertiary/aromatic N) is 6. The minimum Gasteiger partial charge on any atom is -0.243 e. The molecule has 2 aromatic rings. The normalized spacial score (nSPS) is 11.0. The first-order valence-electron chi connectivity index (χ1n) is 4.94. The first-order valence-corrected chi connectivity index (χ1v) is 4.94. The van der Waals surface area contributed by atoms with Gasteiger partial charge in [-0.2, -0.15) is 9.36 Å². The fourth-order valence-electron chi connectivity index (χ4n) is 1.58. The van der Waals surface area contributed by atoms with Crippen molar-refractivity contribution >= 4 is 6.03 Å². The first-order chi connectivity index (χ1) is 7.61. The van der Waals surface area contributed by atoms with Gasteiger partial charge in [0.05, 0.1) is 23.8 Å². The molecule has 0 aromatic carbocycles. The predicted octanol–water partition coefficient (Wildman–Crippen LogP) is 0.818. The van der Waals surface area contributed by atoms with Gasteiger partial charge in [0.25, 0.3) is 0 Å². The number of hydrogen-bond donors (Lipinski definition) is 0. The Bertz CT molecular complexity index is 498. The second kappa shape index (κ2) is 3.84. The molecule has 0 aliphatic carbocycles. The number of hydrogen-bond acceptors (Lipinski definition) is 5. The zero-order valence-corrected chi connectivity index (χ0v) is 9.32. The highest BCUT2D eigenvalue weighted by atomic mass is 16.2. The lowest BCUT2D eigenvalue weighted by Crippen LogP contribution is -2.24. The standard InChI is InChI=1S/C9H12N6O/c1-6(2)8-7(3)11-13-15(8)9(16)14-5-4-10-12-14/h4-6H,1-3H3. The smallest absolute Gasteiger partial charge is 0.243 e. The molecular weight excluding hydrogens is 208 g/mol. The molecule has 2 aromatic heterocycles. The van der Waals surface area contributed by atoms with E-state index in [9.17, 15) is 4.79 Å². The number of carbonyl (C=O) groups is 1. The van der Waals surface area contributed by atoms with E-state index in [0.717, 1.165) is 16.1 Å². The van der Waals surface area contributed by atoms with Gasteiger partial charge >= 0.3 is 6.03 Å². The fraction of sp³-hybridized carbons (Fsp3) is 0.444. The summed E-state index contributed by atoms with van der Waals surface area (Å²) in [6.07, 6.45) is 2.92. The van der Waals surface area contributed by atoms with Crippen molar-refractivity contribution in [2.75, 3.05) is 0 Å². The van der Waals surface area contributed by atoms with Crippen LogP contribution in [0.25, 0.3) is 0 Å². The molecule has 2 heterocycles. The molecule has 0 saturated carbocycles. The van der Waals surface area contributed by atoms with Crippen LogP contribution in [-0.4, -0.2) is 36.0 Å². The summed E-state index contributed by atoms with van der Waals surface area (Å²) in [7, 11) is 0. The second-order valence-electron chi connectivity index (χ2n) is 3.76. The molecule has 0 radical (unpaired) electrons. The van der Waals surface area contributed by atoms with Crippen LogP contribution in [0.4, 0.5) is 4.79 Å². The van der Waals surface area contributed by atoms with E-state index in [1.165, 1.54) is 17.1 Å². The van der Waals surface area contributed by atoms with Gasteiger partial charge in [0.2, 0.25) is 0 Å². The van der Waals surface area contributed by atoms with E-state index >= 15 is 0 Å². The van der Waals surface area contributed by atoms with Gasteiger partial charge < -0.3 is 0 Å². The molecule has 0 fully saturated rings. The zero-order valence-electron chi connectivity index (χ0n) is 9.32. The Hall–Kier alpha value is -2.05. The average Bonchev–Trinajstić information content (AvgIpc) is 2.84. The van der Waals surface area contributed by atoms with E-state index in [1.54, 1.807) is 0 Å². The van der Waals surface area contributed by atoms with Crippen LogP contribution in [0.3, 0.4) is 0 Å². The van der Waals surface area contributed by atoms with Crippen molar-refractivity contribution in [3.63, 3.8) is 0 Å². The van der Waals surface area contributed by atoms with Crippen LogP contribution < -0.4 is 0 Å². The minimum atomic E-state index is -0.373. The summed E-state index contributed by atoms with van der Waals surface area (Å²) in [6, 6.07) is -0.373. The van der Waals surface area contributed by atoms with Crippen molar-refractivity contribution in [2.24, 2.45) is 0 Å². The summed E-state index contributed by atoms with van der Waals surface area (Å²) in [5.74, 6) is 0.169. The molecule has 0 aliphatic rings. The summed E-state index contributed by atoms with van der Waals surface area (Å²) in [6.45, 7) is 5.79. The highest BCUT2D eigenvalue weighted by Crippen LogP contribution is 2.16. The average molecular weight is 220 g/mol. The zero-order chi connectivity index (χ0) is 11.7. The van der Waals surface area contributed by atoms with Crippen LogP contribution in [0, 0.1) is 6.92 Å². The van der Waals surface area contributed by atoms with Crippen molar-refractivity contribution in [2.45, 2.75) is 26.7 Å². The molecule has 0 saturated heterocycles. The van der Waals surface area contributed by atoms with Crippen LogP contribution in [0.1, 0.15) is 31.2 Å². The summed E-state index contributed by atoms with van der Waals surface area (Å²) in [5.41, 5.74) is 1.55.